The lowest BCUT2D eigenvalue weighted by Crippen LogP contribution is -2.61. The lowest BCUT2D eigenvalue weighted by Gasteiger charge is -2.46. The van der Waals surface area contributed by atoms with Crippen LogP contribution in [0, 0.1) is 41.5 Å². The van der Waals surface area contributed by atoms with Crippen molar-refractivity contribution in [1.29, 1.82) is 0 Å². The zero-order valence-electron chi connectivity index (χ0n) is 44.1. The summed E-state index contributed by atoms with van der Waals surface area (Å²) in [5.74, 6) is 0. The second kappa shape index (κ2) is 15.9. The molecule has 3 heterocycles. The van der Waals surface area contributed by atoms with E-state index in [9.17, 15) is 0 Å². The second-order valence-corrected chi connectivity index (χ2v) is 23.9. The van der Waals surface area contributed by atoms with Crippen molar-refractivity contribution in [2.45, 2.75) is 120 Å². The van der Waals surface area contributed by atoms with Gasteiger partial charge in [0.1, 0.15) is 11.2 Å². The molecule has 0 amide bonds. The van der Waals surface area contributed by atoms with Crippen molar-refractivity contribution >= 4 is 68.1 Å². The summed E-state index contributed by atoms with van der Waals surface area (Å²) < 4.78 is 7.28. The van der Waals surface area contributed by atoms with Crippen LogP contribution in [-0.4, -0.2) is 6.85 Å². The molecule has 0 saturated heterocycles. The predicted octanol–water partition coefficient (Wildman–Crippen LogP) is 17.4. The molecule has 0 N–H and O–H groups in total. The van der Waals surface area contributed by atoms with Crippen molar-refractivity contribution in [3.8, 4) is 33.4 Å². The first kappa shape index (κ1) is 45.7. The van der Waals surface area contributed by atoms with Crippen molar-refractivity contribution in [3.05, 3.63) is 184 Å². The molecule has 3 nitrogen and oxygen atoms in total. The van der Waals surface area contributed by atoms with Gasteiger partial charge in [0.15, 0.2) is 0 Å². The van der Waals surface area contributed by atoms with E-state index in [0.717, 1.165) is 27.6 Å². The maximum atomic E-state index is 7.28. The van der Waals surface area contributed by atoms with Crippen LogP contribution in [0.5, 0.6) is 0 Å². The standard InChI is InChI=1S/C66H67BN2O/c1-38-29-40(3)59(41(4)30-38)44-17-16-18-50(33-44)68-56-34-45(60-42(5)31-39(2)32-43(60)6)19-26-54(56)67-62-57(68)37-52-51-35-48(66(13,14)15)23-28-58(51)70-63(52)61(62)53-36-47(65(10,11)12)22-27-55(53)69(67)49-24-20-46(21-25-49)64(7,8)9/h16-37H,1-15H3. The van der Waals surface area contributed by atoms with Crippen LogP contribution >= 0.6 is 0 Å². The van der Waals surface area contributed by atoms with Gasteiger partial charge in [0.2, 0.25) is 0 Å². The molecule has 0 spiro atoms. The first-order chi connectivity index (χ1) is 33.1. The monoisotopic (exact) mass is 915 g/mol. The van der Waals surface area contributed by atoms with Crippen LogP contribution in [0.15, 0.2) is 138 Å². The topological polar surface area (TPSA) is 19.6 Å². The maximum absolute atomic E-state index is 7.28. The fourth-order valence-electron chi connectivity index (χ4n) is 12.1. The summed E-state index contributed by atoms with van der Waals surface area (Å²) in [4.78, 5) is 5.24. The van der Waals surface area contributed by atoms with Crippen molar-refractivity contribution in [2.24, 2.45) is 0 Å². The van der Waals surface area contributed by atoms with Crippen LogP contribution in [0.2, 0.25) is 0 Å². The molecule has 9 aromatic rings. The number of aryl methyl sites for hydroxylation is 6. The normalized spacial score (nSPS) is 13.6. The van der Waals surface area contributed by atoms with Crippen LogP contribution in [0.1, 0.15) is 112 Å². The lowest BCUT2D eigenvalue weighted by atomic mass is 9.43. The first-order valence-corrected chi connectivity index (χ1v) is 25.4. The Kier molecular flexibility index (Phi) is 10.4. The highest BCUT2D eigenvalue weighted by molar-refractivity contribution is 6.94. The third kappa shape index (κ3) is 7.32. The number of fused-ring (bicyclic) bond motifs is 8. The molecule has 0 fully saturated rings. The summed E-state index contributed by atoms with van der Waals surface area (Å²) in [6.07, 6.45) is 0. The average molecular weight is 915 g/mol. The maximum Gasteiger partial charge on any atom is 0.333 e. The molecule has 70 heavy (non-hydrogen) atoms. The number of rotatable bonds is 4. The summed E-state index contributed by atoms with van der Waals surface area (Å²) >= 11 is 0. The van der Waals surface area contributed by atoms with E-state index in [1.165, 1.54) is 117 Å². The molecular formula is C66H67BN2O. The van der Waals surface area contributed by atoms with Gasteiger partial charge >= 0.3 is 6.85 Å². The molecule has 350 valence electrons. The Balaban J connectivity index is 1.31. The average Bonchev–Trinajstić information content (AvgIpc) is 3.65. The summed E-state index contributed by atoms with van der Waals surface area (Å²) in [6.45, 7) is 34.1. The van der Waals surface area contributed by atoms with Gasteiger partial charge in [-0.1, -0.05) is 146 Å². The minimum Gasteiger partial charge on any atom is -0.455 e. The molecule has 0 saturated carbocycles. The smallest absolute Gasteiger partial charge is 0.333 e. The highest BCUT2D eigenvalue weighted by Crippen LogP contribution is 2.52. The Hall–Kier alpha value is -6.78. The molecule has 0 bridgehead atoms. The van der Waals surface area contributed by atoms with E-state index >= 15 is 0 Å². The van der Waals surface area contributed by atoms with E-state index in [-0.39, 0.29) is 23.1 Å². The van der Waals surface area contributed by atoms with Crippen LogP contribution in [-0.2, 0) is 16.2 Å². The highest BCUT2D eigenvalue weighted by Gasteiger charge is 2.47. The third-order valence-corrected chi connectivity index (χ3v) is 15.4. The quantitative estimate of drug-likeness (QED) is 0.164. The molecule has 2 aliphatic rings. The fraction of sp³-hybridized carbons (Fsp3) is 0.273. The number of hydrogen-bond acceptors (Lipinski definition) is 3. The van der Waals surface area contributed by atoms with Gasteiger partial charge in [-0.15, -0.1) is 0 Å². The van der Waals surface area contributed by atoms with E-state index in [1.807, 2.05) is 0 Å². The molecule has 0 radical (unpaired) electrons. The van der Waals surface area contributed by atoms with Gasteiger partial charge in [-0.2, -0.15) is 0 Å². The second-order valence-electron chi connectivity index (χ2n) is 23.9. The SMILES string of the molecule is Cc1cc(C)c(-c2cccc(N3c4cc(-c5c(C)cc(C)cc5C)ccc4B4c5c3cc3c(oc6ccc(C(C)(C)C)cc63)c5-c3cc(C(C)(C)C)ccc3N4c3ccc(C(C)(C)C)cc3)c2)c(C)c1. The fourth-order valence-corrected chi connectivity index (χ4v) is 12.1. The van der Waals surface area contributed by atoms with E-state index in [0.29, 0.717) is 0 Å². The Morgan fingerprint density at radius 3 is 1.59 bits per heavy atom. The Morgan fingerprint density at radius 1 is 0.429 bits per heavy atom. The van der Waals surface area contributed by atoms with Gasteiger partial charge in [0, 0.05) is 50.3 Å². The molecule has 11 rings (SSSR count). The van der Waals surface area contributed by atoms with Crippen LogP contribution in [0.25, 0.3) is 55.3 Å². The molecule has 2 aliphatic heterocycles. The molecule has 1 aromatic heterocycles. The molecule has 8 aromatic carbocycles. The number of benzene rings is 8. The molecule has 0 atom stereocenters. The van der Waals surface area contributed by atoms with Crippen LogP contribution in [0.3, 0.4) is 0 Å². The van der Waals surface area contributed by atoms with Crippen LogP contribution < -0.4 is 20.6 Å². The third-order valence-electron chi connectivity index (χ3n) is 15.4. The number of hydrogen-bond donors (Lipinski definition) is 0. The zero-order chi connectivity index (χ0) is 49.5. The van der Waals surface area contributed by atoms with Gasteiger partial charge in [-0.3, -0.25) is 0 Å². The number of nitrogens with zero attached hydrogens (tertiary/aromatic N) is 2. The minimum absolute atomic E-state index is 0.0181. The number of anilines is 5. The molecular weight excluding hydrogens is 848 g/mol. The largest absolute Gasteiger partial charge is 0.455 e. The molecule has 0 unspecified atom stereocenters. The molecule has 0 aliphatic carbocycles. The van der Waals surface area contributed by atoms with Crippen molar-refractivity contribution in [1.82, 2.24) is 0 Å². The van der Waals surface area contributed by atoms with Crippen molar-refractivity contribution < 1.29 is 4.42 Å². The van der Waals surface area contributed by atoms with Gasteiger partial charge < -0.3 is 14.1 Å². The Bertz CT molecular complexity index is 3580. The van der Waals surface area contributed by atoms with E-state index in [2.05, 4.69) is 247 Å². The van der Waals surface area contributed by atoms with E-state index < -0.39 is 0 Å². The Labute approximate surface area is 417 Å². The molecule has 4 heteroatoms. The van der Waals surface area contributed by atoms with Crippen molar-refractivity contribution in [3.63, 3.8) is 0 Å². The summed E-state index contributed by atoms with van der Waals surface area (Å²) in [5, 5.41) is 2.29. The summed E-state index contributed by atoms with van der Waals surface area (Å²) in [5.41, 5.74) is 29.2. The van der Waals surface area contributed by atoms with Gasteiger partial charge in [-0.25, -0.2) is 0 Å². The number of furan rings is 1. The Morgan fingerprint density at radius 2 is 0.986 bits per heavy atom. The lowest BCUT2D eigenvalue weighted by molar-refractivity contribution is 0.590. The van der Waals surface area contributed by atoms with Crippen molar-refractivity contribution in [2.75, 3.05) is 9.71 Å². The zero-order valence-corrected chi connectivity index (χ0v) is 44.1. The summed E-state index contributed by atoms with van der Waals surface area (Å²) in [6, 6.07) is 51.9. The highest BCUT2D eigenvalue weighted by atomic mass is 16.3. The predicted molar refractivity (Wildman–Crippen MR) is 303 cm³/mol. The van der Waals surface area contributed by atoms with Crippen LogP contribution in [0.4, 0.5) is 28.4 Å². The summed E-state index contributed by atoms with van der Waals surface area (Å²) in [7, 11) is 0. The van der Waals surface area contributed by atoms with Gasteiger partial charge in [0.25, 0.3) is 0 Å². The van der Waals surface area contributed by atoms with Gasteiger partial charge in [-0.05, 0) is 191 Å². The van der Waals surface area contributed by atoms with E-state index in [4.69, 9.17) is 4.42 Å². The minimum atomic E-state index is -0.175. The van der Waals surface area contributed by atoms with Gasteiger partial charge in [0.05, 0.1) is 0 Å². The van der Waals surface area contributed by atoms with E-state index in [1.54, 1.807) is 0 Å². The first-order valence-electron chi connectivity index (χ1n) is 25.4.